The molecule has 1 amide bonds. The summed E-state index contributed by atoms with van der Waals surface area (Å²) in [7, 11) is -2.48. The summed E-state index contributed by atoms with van der Waals surface area (Å²) >= 11 is 12.2. The summed E-state index contributed by atoms with van der Waals surface area (Å²) in [6, 6.07) is 19.3. The van der Waals surface area contributed by atoms with Gasteiger partial charge in [0.05, 0.1) is 17.2 Å². The summed E-state index contributed by atoms with van der Waals surface area (Å²) in [6.07, 6.45) is 0. The molecule has 3 rings (SSSR count). The van der Waals surface area contributed by atoms with Gasteiger partial charge in [0.25, 0.3) is 10.0 Å². The Balaban J connectivity index is 1.93. The Bertz CT molecular complexity index is 1150. The number of hydrogen-bond acceptors (Lipinski definition) is 4. The average Bonchev–Trinajstić information content (AvgIpc) is 2.72. The molecule has 6 nitrogen and oxygen atoms in total. The Hall–Kier alpha value is -2.58. The van der Waals surface area contributed by atoms with E-state index in [1.54, 1.807) is 43.5 Å². The molecule has 0 heterocycles. The van der Waals surface area contributed by atoms with Gasteiger partial charge in [-0.3, -0.25) is 9.10 Å². The smallest absolute Gasteiger partial charge is 0.264 e. The number of halogens is 2. The molecular weight excluding hydrogens is 459 g/mol. The molecule has 0 saturated carbocycles. The van der Waals surface area contributed by atoms with Crippen LogP contribution in [0, 0.1) is 0 Å². The molecule has 0 unspecified atom stereocenters. The molecule has 0 aliphatic rings. The van der Waals surface area contributed by atoms with E-state index in [2.05, 4.69) is 5.32 Å². The van der Waals surface area contributed by atoms with Crippen LogP contribution in [0.1, 0.15) is 5.56 Å². The van der Waals surface area contributed by atoms with Crippen LogP contribution in [0.15, 0.2) is 77.7 Å². The van der Waals surface area contributed by atoms with E-state index < -0.39 is 22.5 Å². The Morgan fingerprint density at radius 3 is 2.29 bits per heavy atom. The van der Waals surface area contributed by atoms with Gasteiger partial charge in [-0.2, -0.15) is 0 Å². The maximum Gasteiger partial charge on any atom is 0.264 e. The first-order valence-corrected chi connectivity index (χ1v) is 11.4. The minimum Gasteiger partial charge on any atom is -0.380 e. The molecule has 0 aliphatic carbocycles. The molecule has 1 N–H and O–H groups in total. The molecule has 0 radical (unpaired) electrons. The zero-order chi connectivity index (χ0) is 22.4. The second kappa shape index (κ2) is 10.2. The van der Waals surface area contributed by atoms with Crippen LogP contribution in [0.4, 0.5) is 11.4 Å². The maximum atomic E-state index is 13.3. The van der Waals surface area contributed by atoms with E-state index in [0.29, 0.717) is 12.3 Å². The van der Waals surface area contributed by atoms with Crippen LogP contribution >= 0.6 is 23.2 Å². The first-order chi connectivity index (χ1) is 14.8. The number of methoxy groups -OCH3 is 1. The molecule has 0 aromatic heterocycles. The Kier molecular flexibility index (Phi) is 7.56. The minimum atomic E-state index is -4.06. The van der Waals surface area contributed by atoms with Crippen LogP contribution in [-0.2, 0) is 26.2 Å². The minimum absolute atomic E-state index is 0.0426. The first-order valence-electron chi connectivity index (χ1n) is 9.21. The van der Waals surface area contributed by atoms with Crippen molar-refractivity contribution < 1.29 is 17.9 Å². The first kappa shape index (κ1) is 23.1. The second-order valence-electron chi connectivity index (χ2n) is 6.63. The van der Waals surface area contributed by atoms with Crippen LogP contribution in [0.5, 0.6) is 0 Å². The fourth-order valence-electron chi connectivity index (χ4n) is 2.95. The molecule has 3 aromatic carbocycles. The molecule has 162 valence electrons. The molecule has 31 heavy (non-hydrogen) atoms. The van der Waals surface area contributed by atoms with Crippen molar-refractivity contribution >= 4 is 50.5 Å². The lowest BCUT2D eigenvalue weighted by molar-refractivity contribution is -0.114. The molecular formula is C22H20Cl2N2O4S. The summed E-state index contributed by atoms with van der Waals surface area (Å²) in [6.45, 7) is -0.0817. The Labute approximate surface area is 191 Å². The van der Waals surface area contributed by atoms with Crippen molar-refractivity contribution in [2.45, 2.75) is 11.5 Å². The summed E-state index contributed by atoms with van der Waals surface area (Å²) in [5.41, 5.74) is 1.58. The highest BCUT2D eigenvalue weighted by Gasteiger charge is 2.27. The predicted octanol–water partition coefficient (Wildman–Crippen LogP) is 4.97. The van der Waals surface area contributed by atoms with Gasteiger partial charge in [0.1, 0.15) is 6.54 Å². The molecule has 3 aromatic rings. The summed E-state index contributed by atoms with van der Waals surface area (Å²) < 4.78 is 32.7. The van der Waals surface area contributed by atoms with Crippen molar-refractivity contribution in [2.24, 2.45) is 0 Å². The molecule has 0 spiro atoms. The highest BCUT2D eigenvalue weighted by Crippen LogP contribution is 2.29. The third-order valence-corrected chi connectivity index (χ3v) is 6.50. The zero-order valence-electron chi connectivity index (χ0n) is 16.6. The summed E-state index contributed by atoms with van der Waals surface area (Å²) in [4.78, 5) is 12.8. The van der Waals surface area contributed by atoms with E-state index in [0.717, 1.165) is 9.87 Å². The van der Waals surface area contributed by atoms with E-state index in [4.69, 9.17) is 27.9 Å². The number of sulfonamides is 1. The van der Waals surface area contributed by atoms with Crippen LogP contribution in [-0.4, -0.2) is 28.0 Å². The van der Waals surface area contributed by atoms with Gasteiger partial charge in [-0.15, -0.1) is 0 Å². The Morgan fingerprint density at radius 1 is 0.968 bits per heavy atom. The van der Waals surface area contributed by atoms with Gasteiger partial charge in [-0.05, 0) is 48.0 Å². The van der Waals surface area contributed by atoms with Crippen LogP contribution in [0.2, 0.25) is 10.0 Å². The van der Waals surface area contributed by atoms with Crippen molar-refractivity contribution in [2.75, 3.05) is 23.3 Å². The number of anilines is 2. The number of amides is 1. The number of carbonyl (C=O) groups is 1. The largest absolute Gasteiger partial charge is 0.380 e. The third kappa shape index (κ3) is 5.98. The number of nitrogens with zero attached hydrogens (tertiary/aromatic N) is 1. The fourth-order valence-corrected chi connectivity index (χ4v) is 4.89. The number of nitrogens with one attached hydrogen (secondary N) is 1. The average molecular weight is 479 g/mol. The van der Waals surface area contributed by atoms with Crippen LogP contribution in [0.25, 0.3) is 0 Å². The third-order valence-electron chi connectivity index (χ3n) is 4.28. The molecule has 0 bridgehead atoms. The van der Waals surface area contributed by atoms with Crippen LogP contribution in [0.3, 0.4) is 0 Å². The van der Waals surface area contributed by atoms with Crippen molar-refractivity contribution in [3.05, 3.63) is 88.4 Å². The SMILES string of the molecule is COCc1cccc(NC(=O)CN(c2cc(Cl)cc(Cl)c2)S(=O)(=O)c2ccccc2)c1. The lowest BCUT2D eigenvalue weighted by Crippen LogP contribution is -2.38. The number of hydrogen-bond donors (Lipinski definition) is 1. The van der Waals surface area contributed by atoms with Crippen molar-refractivity contribution in [3.63, 3.8) is 0 Å². The Morgan fingerprint density at radius 2 is 1.65 bits per heavy atom. The molecule has 0 saturated heterocycles. The van der Waals surface area contributed by atoms with Gasteiger partial charge >= 0.3 is 0 Å². The normalized spacial score (nSPS) is 11.2. The van der Waals surface area contributed by atoms with Gasteiger partial charge < -0.3 is 10.1 Å². The van der Waals surface area contributed by atoms with Gasteiger partial charge in [0, 0.05) is 22.8 Å². The zero-order valence-corrected chi connectivity index (χ0v) is 18.9. The molecule has 0 fully saturated rings. The quantitative estimate of drug-likeness (QED) is 0.495. The van der Waals surface area contributed by atoms with E-state index in [-0.39, 0.29) is 20.6 Å². The van der Waals surface area contributed by atoms with Gasteiger partial charge in [0.2, 0.25) is 5.91 Å². The highest BCUT2D eigenvalue weighted by molar-refractivity contribution is 7.92. The van der Waals surface area contributed by atoms with Crippen LogP contribution < -0.4 is 9.62 Å². The lowest BCUT2D eigenvalue weighted by Gasteiger charge is -2.24. The van der Waals surface area contributed by atoms with Crippen molar-refractivity contribution in [3.8, 4) is 0 Å². The topological polar surface area (TPSA) is 75.7 Å². The molecule has 0 aliphatic heterocycles. The van der Waals surface area contributed by atoms with E-state index in [9.17, 15) is 13.2 Å². The highest BCUT2D eigenvalue weighted by atomic mass is 35.5. The van der Waals surface area contributed by atoms with Crippen molar-refractivity contribution in [1.29, 1.82) is 0 Å². The van der Waals surface area contributed by atoms with Crippen molar-refractivity contribution in [1.82, 2.24) is 0 Å². The number of rotatable bonds is 8. The summed E-state index contributed by atoms with van der Waals surface area (Å²) in [5, 5.41) is 3.23. The second-order valence-corrected chi connectivity index (χ2v) is 9.37. The van der Waals surface area contributed by atoms with Gasteiger partial charge in [-0.25, -0.2) is 8.42 Å². The van der Waals surface area contributed by atoms with Gasteiger partial charge in [0.15, 0.2) is 0 Å². The van der Waals surface area contributed by atoms with E-state index in [1.165, 1.54) is 30.3 Å². The molecule has 0 atom stereocenters. The summed E-state index contributed by atoms with van der Waals surface area (Å²) in [5.74, 6) is -0.523. The van der Waals surface area contributed by atoms with Gasteiger partial charge in [-0.1, -0.05) is 53.5 Å². The predicted molar refractivity (Wildman–Crippen MR) is 123 cm³/mol. The number of carbonyl (C=O) groups excluding carboxylic acids is 1. The number of ether oxygens (including phenoxy) is 1. The standard InChI is InChI=1S/C22H20Cl2N2O4S/c1-30-15-16-6-5-7-19(10-16)25-22(27)14-26(20-12-17(23)11-18(24)13-20)31(28,29)21-8-3-2-4-9-21/h2-13H,14-15H2,1H3,(H,25,27). The van der Waals surface area contributed by atoms with E-state index >= 15 is 0 Å². The fraction of sp³-hybridized carbons (Fsp3) is 0.136. The lowest BCUT2D eigenvalue weighted by atomic mass is 10.2. The number of benzene rings is 3. The monoisotopic (exact) mass is 478 g/mol. The van der Waals surface area contributed by atoms with E-state index in [1.807, 2.05) is 6.07 Å². The maximum absolute atomic E-state index is 13.3. The molecule has 9 heteroatoms.